The van der Waals surface area contributed by atoms with Gasteiger partial charge in [0.25, 0.3) is 0 Å². The molecule has 0 fully saturated rings. The number of hydrogen-bond acceptors (Lipinski definition) is 4. The molecule has 2 aromatic heterocycles. The van der Waals surface area contributed by atoms with Crippen molar-refractivity contribution >= 4 is 16.9 Å². The topological polar surface area (TPSA) is 72.3 Å². The van der Waals surface area contributed by atoms with Crippen molar-refractivity contribution in [1.82, 2.24) is 25.0 Å². The number of rotatable bonds is 6. The van der Waals surface area contributed by atoms with Crippen molar-refractivity contribution in [1.29, 1.82) is 0 Å². The van der Waals surface area contributed by atoms with Crippen LogP contribution in [0.5, 0.6) is 5.75 Å². The molecule has 3 rings (SSSR count). The lowest BCUT2D eigenvalue weighted by Gasteiger charge is -2.18. The third-order valence-electron chi connectivity index (χ3n) is 4.63. The van der Waals surface area contributed by atoms with Crippen LogP contribution >= 0.6 is 0 Å². The standard InChI is InChI=1S/C20H25N5O2/c1-14-17(15(2)25(4)23-14)13-24(3)20(26)22-11-12-27-18-9-5-7-16-8-6-10-21-19(16)18/h5-10H,11-13H2,1-4H3,(H,22,26). The van der Waals surface area contributed by atoms with Gasteiger partial charge in [-0.3, -0.25) is 9.67 Å². The van der Waals surface area contributed by atoms with Crippen LogP contribution in [0.4, 0.5) is 4.79 Å². The van der Waals surface area contributed by atoms with Crippen LogP contribution in [0.3, 0.4) is 0 Å². The van der Waals surface area contributed by atoms with Crippen LogP contribution in [0.25, 0.3) is 10.9 Å². The van der Waals surface area contributed by atoms with Crippen LogP contribution in [-0.4, -0.2) is 45.9 Å². The summed E-state index contributed by atoms with van der Waals surface area (Å²) in [5, 5.41) is 8.30. The van der Waals surface area contributed by atoms with E-state index in [1.807, 2.05) is 55.9 Å². The number of ether oxygens (including phenoxy) is 1. The number of carbonyl (C=O) groups is 1. The first kappa shape index (κ1) is 18.7. The van der Waals surface area contributed by atoms with Crippen LogP contribution in [0.2, 0.25) is 0 Å². The van der Waals surface area contributed by atoms with E-state index in [-0.39, 0.29) is 6.03 Å². The highest BCUT2D eigenvalue weighted by molar-refractivity contribution is 5.84. The number of hydrogen-bond donors (Lipinski definition) is 1. The van der Waals surface area contributed by atoms with Crippen LogP contribution in [0.1, 0.15) is 17.0 Å². The van der Waals surface area contributed by atoms with Gasteiger partial charge in [-0.15, -0.1) is 0 Å². The monoisotopic (exact) mass is 367 g/mol. The molecule has 0 aliphatic carbocycles. The first-order valence-electron chi connectivity index (χ1n) is 8.92. The number of fused-ring (bicyclic) bond motifs is 1. The molecule has 1 N–H and O–H groups in total. The lowest BCUT2D eigenvalue weighted by atomic mass is 10.2. The molecule has 2 heterocycles. The Morgan fingerprint density at radius 1 is 1.26 bits per heavy atom. The largest absolute Gasteiger partial charge is 0.489 e. The second-order valence-corrected chi connectivity index (χ2v) is 6.54. The predicted octanol–water partition coefficient (Wildman–Crippen LogP) is 2.81. The number of carbonyl (C=O) groups excluding carboxylic acids is 1. The van der Waals surface area contributed by atoms with Crippen LogP contribution < -0.4 is 10.1 Å². The predicted molar refractivity (Wildman–Crippen MR) is 105 cm³/mol. The van der Waals surface area contributed by atoms with Crippen LogP contribution in [0.15, 0.2) is 36.5 Å². The summed E-state index contributed by atoms with van der Waals surface area (Å²) >= 11 is 0. The fourth-order valence-electron chi connectivity index (χ4n) is 3.00. The number of pyridine rings is 1. The first-order chi connectivity index (χ1) is 13.0. The molecule has 0 bridgehead atoms. The highest BCUT2D eigenvalue weighted by atomic mass is 16.5. The van der Waals surface area contributed by atoms with Gasteiger partial charge in [-0.2, -0.15) is 5.10 Å². The summed E-state index contributed by atoms with van der Waals surface area (Å²) < 4.78 is 7.64. The van der Waals surface area contributed by atoms with Crippen LogP contribution in [0, 0.1) is 13.8 Å². The SMILES string of the molecule is Cc1nn(C)c(C)c1CN(C)C(=O)NCCOc1cccc2cccnc12. The Morgan fingerprint density at radius 3 is 2.78 bits per heavy atom. The minimum Gasteiger partial charge on any atom is -0.489 e. The number of aromatic nitrogens is 3. The normalized spacial score (nSPS) is 10.8. The highest BCUT2D eigenvalue weighted by Crippen LogP contribution is 2.22. The van der Waals surface area contributed by atoms with Gasteiger partial charge in [0.05, 0.1) is 18.8 Å². The van der Waals surface area contributed by atoms with E-state index in [0.29, 0.717) is 19.7 Å². The van der Waals surface area contributed by atoms with E-state index in [4.69, 9.17) is 4.74 Å². The maximum Gasteiger partial charge on any atom is 0.317 e. The van der Waals surface area contributed by atoms with Crippen molar-refractivity contribution in [2.75, 3.05) is 20.2 Å². The minimum atomic E-state index is -0.141. The molecule has 0 saturated heterocycles. The molecule has 2 amide bonds. The Labute approximate surface area is 159 Å². The molecule has 0 aliphatic heterocycles. The summed E-state index contributed by atoms with van der Waals surface area (Å²) in [7, 11) is 3.68. The minimum absolute atomic E-state index is 0.141. The van der Waals surface area contributed by atoms with Gasteiger partial charge in [-0.25, -0.2) is 4.79 Å². The molecule has 27 heavy (non-hydrogen) atoms. The van der Waals surface area contributed by atoms with Crippen molar-refractivity contribution in [3.63, 3.8) is 0 Å². The Morgan fingerprint density at radius 2 is 2.04 bits per heavy atom. The van der Waals surface area contributed by atoms with Crippen molar-refractivity contribution in [3.8, 4) is 5.75 Å². The molecule has 1 aromatic carbocycles. The van der Waals surface area contributed by atoms with Gasteiger partial charge in [0, 0.05) is 36.9 Å². The van der Waals surface area contributed by atoms with Gasteiger partial charge in [0.15, 0.2) is 0 Å². The Hall–Kier alpha value is -3.09. The average molecular weight is 367 g/mol. The lowest BCUT2D eigenvalue weighted by molar-refractivity contribution is 0.203. The summed E-state index contributed by atoms with van der Waals surface area (Å²) in [6.07, 6.45) is 1.74. The molecule has 0 aliphatic rings. The fraction of sp³-hybridized carbons (Fsp3) is 0.350. The van der Waals surface area contributed by atoms with Crippen molar-refractivity contribution in [3.05, 3.63) is 53.5 Å². The van der Waals surface area contributed by atoms with Gasteiger partial charge in [-0.1, -0.05) is 18.2 Å². The van der Waals surface area contributed by atoms with E-state index < -0.39 is 0 Å². The Bertz CT molecular complexity index is 945. The fourth-order valence-corrected chi connectivity index (χ4v) is 3.00. The quantitative estimate of drug-likeness (QED) is 0.680. The highest BCUT2D eigenvalue weighted by Gasteiger charge is 2.15. The van der Waals surface area contributed by atoms with Crippen molar-refractivity contribution in [2.45, 2.75) is 20.4 Å². The molecular formula is C20H25N5O2. The molecule has 7 nitrogen and oxygen atoms in total. The molecule has 142 valence electrons. The van der Waals surface area contributed by atoms with E-state index >= 15 is 0 Å². The average Bonchev–Trinajstić information content (AvgIpc) is 2.91. The summed E-state index contributed by atoms with van der Waals surface area (Å²) in [4.78, 5) is 18.3. The van der Waals surface area contributed by atoms with Gasteiger partial charge in [0.1, 0.15) is 17.9 Å². The number of urea groups is 1. The first-order valence-corrected chi connectivity index (χ1v) is 8.92. The number of nitrogens with zero attached hydrogens (tertiary/aromatic N) is 4. The van der Waals surface area contributed by atoms with Gasteiger partial charge in [0.2, 0.25) is 0 Å². The zero-order valence-electron chi connectivity index (χ0n) is 16.2. The molecule has 3 aromatic rings. The molecule has 0 unspecified atom stereocenters. The molecule has 0 spiro atoms. The maximum atomic E-state index is 12.3. The zero-order valence-corrected chi connectivity index (χ0v) is 16.2. The van der Waals surface area contributed by atoms with E-state index in [1.54, 1.807) is 18.1 Å². The second-order valence-electron chi connectivity index (χ2n) is 6.54. The number of benzene rings is 1. The van der Waals surface area contributed by atoms with Crippen molar-refractivity contribution in [2.24, 2.45) is 7.05 Å². The van der Waals surface area contributed by atoms with E-state index in [2.05, 4.69) is 15.4 Å². The van der Waals surface area contributed by atoms with Gasteiger partial charge < -0.3 is 15.0 Å². The molecule has 0 atom stereocenters. The molecule has 7 heteroatoms. The van der Waals surface area contributed by atoms with Crippen molar-refractivity contribution < 1.29 is 9.53 Å². The molecule has 0 saturated carbocycles. The third kappa shape index (κ3) is 4.19. The Balaban J connectivity index is 1.50. The number of amides is 2. The number of nitrogens with one attached hydrogen (secondary N) is 1. The number of para-hydroxylation sites is 1. The smallest absolute Gasteiger partial charge is 0.317 e. The molecule has 0 radical (unpaired) electrons. The lowest BCUT2D eigenvalue weighted by Crippen LogP contribution is -2.38. The van der Waals surface area contributed by atoms with Gasteiger partial charge in [-0.05, 0) is 26.0 Å². The maximum absolute atomic E-state index is 12.3. The van der Waals surface area contributed by atoms with E-state index in [0.717, 1.165) is 33.6 Å². The third-order valence-corrected chi connectivity index (χ3v) is 4.63. The summed E-state index contributed by atoms with van der Waals surface area (Å²) in [6, 6.07) is 9.57. The van der Waals surface area contributed by atoms with Gasteiger partial charge >= 0.3 is 6.03 Å². The summed E-state index contributed by atoms with van der Waals surface area (Å²) in [5.74, 6) is 0.720. The number of aryl methyl sites for hydroxylation is 2. The molecular weight excluding hydrogens is 342 g/mol. The second kappa shape index (κ2) is 8.07. The zero-order chi connectivity index (χ0) is 19.4. The van der Waals surface area contributed by atoms with E-state index in [1.165, 1.54) is 0 Å². The summed E-state index contributed by atoms with van der Waals surface area (Å²) in [5.41, 5.74) is 3.92. The van der Waals surface area contributed by atoms with E-state index in [9.17, 15) is 4.79 Å². The Kier molecular flexibility index (Phi) is 5.59. The summed E-state index contributed by atoms with van der Waals surface area (Å²) in [6.45, 7) is 5.27. The van der Waals surface area contributed by atoms with Crippen LogP contribution in [-0.2, 0) is 13.6 Å².